The molecule has 116 valence electrons. The molecule has 0 spiro atoms. The van der Waals surface area contributed by atoms with E-state index < -0.39 is 5.97 Å². The van der Waals surface area contributed by atoms with Crippen molar-refractivity contribution in [2.75, 3.05) is 26.7 Å². The zero-order chi connectivity index (χ0) is 15.5. The molecule has 0 saturated carbocycles. The van der Waals surface area contributed by atoms with E-state index in [-0.39, 0.29) is 30.0 Å². The number of rotatable bonds is 4. The number of urea groups is 1. The van der Waals surface area contributed by atoms with Crippen LogP contribution in [-0.4, -0.2) is 65.2 Å². The summed E-state index contributed by atoms with van der Waals surface area (Å²) in [5.41, 5.74) is -0.0598. The van der Waals surface area contributed by atoms with Gasteiger partial charge in [-0.2, -0.15) is 0 Å². The van der Waals surface area contributed by atoms with E-state index in [1.807, 2.05) is 13.8 Å². The van der Waals surface area contributed by atoms with Crippen LogP contribution in [0.15, 0.2) is 0 Å². The van der Waals surface area contributed by atoms with E-state index >= 15 is 0 Å². The molecule has 0 radical (unpaired) electrons. The van der Waals surface area contributed by atoms with Gasteiger partial charge < -0.3 is 15.3 Å². The van der Waals surface area contributed by atoms with E-state index in [0.29, 0.717) is 13.1 Å². The SMILES string of the molecule is CC(C)C(CC(=O)O)NC(=O)N1CCN(C)C(C)(C)C1. The fourth-order valence-corrected chi connectivity index (χ4v) is 2.30. The number of carbonyl (C=O) groups is 2. The van der Waals surface area contributed by atoms with Gasteiger partial charge in [-0.15, -0.1) is 0 Å². The normalized spacial score (nSPS) is 20.8. The predicted molar refractivity (Wildman–Crippen MR) is 77.7 cm³/mol. The van der Waals surface area contributed by atoms with Crippen LogP contribution in [0.1, 0.15) is 34.1 Å². The van der Waals surface area contributed by atoms with Crippen LogP contribution < -0.4 is 5.32 Å². The number of carbonyl (C=O) groups excluding carboxylic acids is 1. The van der Waals surface area contributed by atoms with Crippen molar-refractivity contribution in [2.24, 2.45) is 5.92 Å². The fraction of sp³-hybridized carbons (Fsp3) is 0.857. The van der Waals surface area contributed by atoms with Crippen molar-refractivity contribution in [2.45, 2.75) is 45.7 Å². The van der Waals surface area contributed by atoms with Gasteiger partial charge >= 0.3 is 12.0 Å². The average Bonchev–Trinajstić information content (AvgIpc) is 2.30. The number of hydrogen-bond donors (Lipinski definition) is 2. The first kappa shape index (κ1) is 16.8. The number of aliphatic carboxylic acids is 1. The van der Waals surface area contributed by atoms with Crippen molar-refractivity contribution in [3.63, 3.8) is 0 Å². The first-order valence-corrected chi connectivity index (χ1v) is 7.12. The minimum Gasteiger partial charge on any atom is -0.481 e. The summed E-state index contributed by atoms with van der Waals surface area (Å²) in [5, 5.41) is 11.8. The monoisotopic (exact) mass is 285 g/mol. The lowest BCUT2D eigenvalue weighted by Gasteiger charge is -2.45. The molecule has 1 unspecified atom stereocenters. The van der Waals surface area contributed by atoms with Gasteiger partial charge in [0.25, 0.3) is 0 Å². The third-order valence-electron chi connectivity index (χ3n) is 4.11. The summed E-state index contributed by atoms with van der Waals surface area (Å²) >= 11 is 0. The van der Waals surface area contributed by atoms with Gasteiger partial charge in [0.15, 0.2) is 0 Å². The van der Waals surface area contributed by atoms with Crippen LogP contribution in [0.3, 0.4) is 0 Å². The second-order valence-corrected chi connectivity index (χ2v) is 6.55. The second-order valence-electron chi connectivity index (χ2n) is 6.55. The first-order valence-electron chi connectivity index (χ1n) is 7.12. The molecule has 1 rings (SSSR count). The Labute approximate surface area is 121 Å². The molecule has 0 aromatic carbocycles. The highest BCUT2D eigenvalue weighted by molar-refractivity contribution is 5.76. The highest BCUT2D eigenvalue weighted by Crippen LogP contribution is 2.19. The maximum Gasteiger partial charge on any atom is 0.317 e. The van der Waals surface area contributed by atoms with Crippen molar-refractivity contribution in [1.82, 2.24) is 15.1 Å². The molecule has 2 N–H and O–H groups in total. The molecular weight excluding hydrogens is 258 g/mol. The number of amides is 2. The lowest BCUT2D eigenvalue weighted by Crippen LogP contribution is -2.61. The van der Waals surface area contributed by atoms with E-state index in [0.717, 1.165) is 6.54 Å². The van der Waals surface area contributed by atoms with E-state index in [2.05, 4.69) is 31.1 Å². The smallest absolute Gasteiger partial charge is 0.317 e. The van der Waals surface area contributed by atoms with Crippen LogP contribution >= 0.6 is 0 Å². The average molecular weight is 285 g/mol. The van der Waals surface area contributed by atoms with Crippen LogP contribution in [0, 0.1) is 5.92 Å². The largest absolute Gasteiger partial charge is 0.481 e. The Bertz CT molecular complexity index is 369. The molecule has 0 aliphatic carbocycles. The summed E-state index contributed by atoms with van der Waals surface area (Å²) in [6, 6.07) is -0.492. The van der Waals surface area contributed by atoms with Gasteiger partial charge in [-0.1, -0.05) is 13.8 Å². The number of hydrogen-bond acceptors (Lipinski definition) is 3. The summed E-state index contributed by atoms with van der Waals surface area (Å²) in [4.78, 5) is 27.1. The summed E-state index contributed by atoms with van der Waals surface area (Å²) in [5.74, 6) is -0.793. The number of piperazine rings is 1. The number of nitrogens with one attached hydrogen (secondary N) is 1. The molecule has 1 heterocycles. The maximum atomic E-state index is 12.3. The lowest BCUT2D eigenvalue weighted by atomic mass is 9.99. The van der Waals surface area contributed by atoms with E-state index in [9.17, 15) is 9.59 Å². The molecule has 1 saturated heterocycles. The molecule has 1 aliphatic heterocycles. The Morgan fingerprint density at radius 2 is 1.90 bits per heavy atom. The number of nitrogens with zero attached hydrogens (tertiary/aromatic N) is 2. The summed E-state index contributed by atoms with van der Waals surface area (Å²) in [6.45, 7) is 10.2. The topological polar surface area (TPSA) is 72.9 Å². The lowest BCUT2D eigenvalue weighted by molar-refractivity contribution is -0.137. The van der Waals surface area contributed by atoms with Gasteiger partial charge in [0, 0.05) is 31.2 Å². The molecule has 6 heteroatoms. The molecule has 1 atom stereocenters. The third kappa shape index (κ3) is 4.37. The minimum atomic E-state index is -0.886. The molecule has 1 aliphatic rings. The second kappa shape index (κ2) is 6.43. The Kier molecular flexibility index (Phi) is 5.39. The van der Waals surface area contributed by atoms with Crippen molar-refractivity contribution in [3.05, 3.63) is 0 Å². The van der Waals surface area contributed by atoms with Gasteiger partial charge in [0.05, 0.1) is 6.42 Å². The van der Waals surface area contributed by atoms with Crippen molar-refractivity contribution in [1.29, 1.82) is 0 Å². The van der Waals surface area contributed by atoms with E-state index in [4.69, 9.17) is 5.11 Å². The van der Waals surface area contributed by atoms with Gasteiger partial charge in [-0.25, -0.2) is 4.79 Å². The maximum absolute atomic E-state index is 12.3. The highest BCUT2D eigenvalue weighted by Gasteiger charge is 2.34. The standard InChI is InChI=1S/C14H27N3O3/c1-10(2)11(8-12(18)19)15-13(20)17-7-6-16(5)14(3,4)9-17/h10-11H,6-9H2,1-5H3,(H,15,20)(H,18,19). The summed E-state index contributed by atoms with van der Waals surface area (Å²) in [7, 11) is 2.05. The Hall–Kier alpha value is -1.30. The number of carboxylic acid groups (broad SMARTS) is 1. The molecule has 0 aromatic heterocycles. The number of carboxylic acids is 1. The quantitative estimate of drug-likeness (QED) is 0.814. The fourth-order valence-electron chi connectivity index (χ4n) is 2.30. The molecule has 20 heavy (non-hydrogen) atoms. The van der Waals surface area contributed by atoms with E-state index in [1.165, 1.54) is 0 Å². The van der Waals surface area contributed by atoms with Crippen LogP contribution in [0.25, 0.3) is 0 Å². The Morgan fingerprint density at radius 3 is 2.35 bits per heavy atom. The predicted octanol–water partition coefficient (Wildman–Crippen LogP) is 1.22. The van der Waals surface area contributed by atoms with Crippen LogP contribution in [0.4, 0.5) is 4.79 Å². The summed E-state index contributed by atoms with van der Waals surface area (Å²) < 4.78 is 0. The van der Waals surface area contributed by atoms with E-state index in [1.54, 1.807) is 4.90 Å². The van der Waals surface area contributed by atoms with Crippen LogP contribution in [0.5, 0.6) is 0 Å². The van der Waals surface area contributed by atoms with Crippen molar-refractivity contribution < 1.29 is 14.7 Å². The zero-order valence-electron chi connectivity index (χ0n) is 13.1. The molecule has 0 bridgehead atoms. The molecule has 6 nitrogen and oxygen atoms in total. The highest BCUT2D eigenvalue weighted by atomic mass is 16.4. The van der Waals surface area contributed by atoms with Gasteiger partial charge in [0.1, 0.15) is 0 Å². The third-order valence-corrected chi connectivity index (χ3v) is 4.11. The van der Waals surface area contributed by atoms with Crippen molar-refractivity contribution >= 4 is 12.0 Å². The van der Waals surface area contributed by atoms with Gasteiger partial charge in [0.2, 0.25) is 0 Å². The molecule has 2 amide bonds. The summed E-state index contributed by atoms with van der Waals surface area (Å²) in [6.07, 6.45) is -0.0411. The van der Waals surface area contributed by atoms with Gasteiger partial charge in [-0.05, 0) is 26.8 Å². The molecular formula is C14H27N3O3. The molecule has 1 fully saturated rings. The van der Waals surface area contributed by atoms with Crippen LogP contribution in [0.2, 0.25) is 0 Å². The van der Waals surface area contributed by atoms with Crippen LogP contribution in [-0.2, 0) is 4.79 Å². The zero-order valence-corrected chi connectivity index (χ0v) is 13.1. The number of likely N-dealkylation sites (N-methyl/N-ethyl adjacent to an activating group) is 1. The van der Waals surface area contributed by atoms with Gasteiger partial charge in [-0.3, -0.25) is 9.69 Å². The van der Waals surface area contributed by atoms with Crippen molar-refractivity contribution in [3.8, 4) is 0 Å². The Morgan fingerprint density at radius 1 is 1.30 bits per heavy atom. The first-order chi connectivity index (χ1) is 9.13. The molecule has 0 aromatic rings. The Balaban J connectivity index is 2.63. The minimum absolute atomic E-state index is 0.0411.